The Kier molecular flexibility index (Phi) is 4.61. The molecule has 1 unspecified atom stereocenters. The van der Waals surface area contributed by atoms with Gasteiger partial charge in [-0.2, -0.15) is 0 Å². The van der Waals surface area contributed by atoms with Crippen LogP contribution in [0.15, 0.2) is 35.1 Å². The highest BCUT2D eigenvalue weighted by atomic mass is 16.6. The number of aromatic nitrogens is 2. The number of cyclic esters (lactones) is 1. The third-order valence-corrected chi connectivity index (χ3v) is 6.33. The molecule has 0 saturated heterocycles. The molecule has 1 atom stereocenters. The van der Waals surface area contributed by atoms with E-state index in [2.05, 4.69) is 0 Å². The first kappa shape index (κ1) is 20.9. The van der Waals surface area contributed by atoms with Gasteiger partial charge in [0.15, 0.2) is 5.60 Å². The molecule has 0 bridgehead atoms. The highest BCUT2D eigenvalue weighted by Gasteiger charge is 2.45. The lowest BCUT2D eigenvalue weighted by Crippen LogP contribution is -2.44. The molecule has 3 N–H and O–H groups in total. The maximum absolute atomic E-state index is 13.3. The van der Waals surface area contributed by atoms with Gasteiger partial charge in [0.1, 0.15) is 12.4 Å². The number of carbonyl (C=O) groups is 2. The first-order valence-electron chi connectivity index (χ1n) is 10.4. The van der Waals surface area contributed by atoms with Crippen LogP contribution >= 0.6 is 0 Å². The van der Waals surface area contributed by atoms with E-state index in [1.807, 2.05) is 6.07 Å². The van der Waals surface area contributed by atoms with Crippen LogP contribution in [-0.2, 0) is 33.1 Å². The predicted octanol–water partition coefficient (Wildman–Crippen LogP) is 1.59. The van der Waals surface area contributed by atoms with E-state index >= 15 is 0 Å². The van der Waals surface area contributed by atoms with E-state index in [0.29, 0.717) is 28.2 Å². The number of nitrogens with two attached hydrogens (primary N) is 1. The highest BCUT2D eigenvalue weighted by molar-refractivity contribution is 5.98. The molecule has 1 aromatic carbocycles. The number of methoxy groups -OCH3 is 1. The molecule has 0 fully saturated rings. The third-order valence-electron chi connectivity index (χ3n) is 6.33. The van der Waals surface area contributed by atoms with Gasteiger partial charge in [0.25, 0.3) is 5.56 Å². The summed E-state index contributed by atoms with van der Waals surface area (Å²) in [7, 11) is 1.53. The molecule has 9 nitrogen and oxygen atoms in total. The number of fused-ring (bicyclic) bond motifs is 5. The zero-order chi connectivity index (χ0) is 23.5. The van der Waals surface area contributed by atoms with Crippen LogP contribution in [0, 0.1) is 0 Å². The van der Waals surface area contributed by atoms with E-state index in [0.717, 1.165) is 10.9 Å². The number of primary amides is 1. The number of aliphatic hydroxyl groups is 1. The van der Waals surface area contributed by atoms with Gasteiger partial charge in [-0.15, -0.1) is 0 Å². The van der Waals surface area contributed by atoms with E-state index in [-0.39, 0.29) is 36.3 Å². The Morgan fingerprint density at radius 1 is 1.36 bits per heavy atom. The molecule has 0 spiro atoms. The Labute approximate surface area is 188 Å². The molecule has 9 heteroatoms. The van der Waals surface area contributed by atoms with Gasteiger partial charge in [-0.1, -0.05) is 6.92 Å². The van der Waals surface area contributed by atoms with Crippen LogP contribution in [0.4, 0.5) is 0 Å². The molecular weight excluding hydrogens is 426 g/mol. The first-order valence-corrected chi connectivity index (χ1v) is 10.4. The Morgan fingerprint density at radius 2 is 2.15 bits per heavy atom. The molecule has 5 rings (SSSR count). The molecule has 2 aromatic heterocycles. The Morgan fingerprint density at radius 3 is 2.85 bits per heavy atom. The second kappa shape index (κ2) is 7.28. The van der Waals surface area contributed by atoms with Crippen molar-refractivity contribution in [2.24, 2.45) is 5.73 Å². The first-order chi connectivity index (χ1) is 15.8. The van der Waals surface area contributed by atoms with Gasteiger partial charge in [-0.3, -0.25) is 9.59 Å². The van der Waals surface area contributed by atoms with Crippen molar-refractivity contribution in [2.45, 2.75) is 32.1 Å². The van der Waals surface area contributed by atoms with E-state index < -0.39 is 17.5 Å². The molecule has 33 heavy (non-hydrogen) atoms. The summed E-state index contributed by atoms with van der Waals surface area (Å²) in [4.78, 5) is 41.6. The number of esters is 1. The van der Waals surface area contributed by atoms with Gasteiger partial charge in [0.05, 0.1) is 36.1 Å². The largest absolute Gasteiger partial charge is 0.496 e. The molecule has 0 saturated carbocycles. The van der Waals surface area contributed by atoms with Gasteiger partial charge in [-0.05, 0) is 36.8 Å². The van der Waals surface area contributed by atoms with Gasteiger partial charge >= 0.3 is 5.97 Å². The molecule has 0 radical (unpaired) electrons. The number of hydrogen-bond donors (Lipinski definition) is 2. The minimum absolute atomic E-state index is 0.0785. The van der Waals surface area contributed by atoms with E-state index in [1.54, 1.807) is 35.8 Å². The Bertz CT molecular complexity index is 1460. The minimum Gasteiger partial charge on any atom is -0.496 e. The average Bonchev–Trinajstić information content (AvgIpc) is 3.16. The number of pyridine rings is 2. The average molecular weight is 447 g/mol. The SMILES string of the molecule is CCC1(O)C(=O)OCc2c1cc1n(c2=O)Cc2cc3c(C=CC(N)=O)c(OC)ccc3nc2-1. The van der Waals surface area contributed by atoms with Crippen molar-refractivity contribution >= 4 is 28.9 Å². The zero-order valence-corrected chi connectivity index (χ0v) is 18.0. The predicted molar refractivity (Wildman–Crippen MR) is 119 cm³/mol. The monoisotopic (exact) mass is 447 g/mol. The fraction of sp³-hybridized carbons (Fsp3) is 0.250. The lowest BCUT2D eigenvalue weighted by molar-refractivity contribution is -0.172. The number of hydrogen-bond acceptors (Lipinski definition) is 7. The maximum atomic E-state index is 13.3. The lowest BCUT2D eigenvalue weighted by atomic mass is 9.86. The summed E-state index contributed by atoms with van der Waals surface area (Å²) in [5.74, 6) is -0.800. The fourth-order valence-corrected chi connectivity index (χ4v) is 4.57. The van der Waals surface area contributed by atoms with Crippen LogP contribution in [0.5, 0.6) is 5.75 Å². The number of rotatable bonds is 4. The van der Waals surface area contributed by atoms with Crippen molar-refractivity contribution in [1.82, 2.24) is 9.55 Å². The van der Waals surface area contributed by atoms with E-state index in [9.17, 15) is 19.5 Å². The standard InChI is InChI=1S/C24H21N3O6/c1-3-24(31)16-9-18-21-12(10-27(18)22(29)15(16)11-33-23(24)30)8-14-13(4-7-20(25)28)19(32-2)6-5-17(14)26-21/h4-9,31H,3,10-11H2,1-2H3,(H2,25,28). The molecule has 2 aliphatic heterocycles. The van der Waals surface area contributed by atoms with E-state index in [4.69, 9.17) is 20.2 Å². The smallest absolute Gasteiger partial charge is 0.343 e. The number of ether oxygens (including phenoxy) is 2. The minimum atomic E-state index is -1.87. The number of benzene rings is 1. The topological polar surface area (TPSA) is 134 Å². The van der Waals surface area contributed by atoms with Crippen LogP contribution in [-0.4, -0.2) is 33.6 Å². The quantitative estimate of drug-likeness (QED) is 0.358. The molecule has 1 amide bonds. The van der Waals surface area contributed by atoms with Gasteiger partial charge in [0.2, 0.25) is 5.91 Å². The van der Waals surface area contributed by atoms with Crippen molar-refractivity contribution in [1.29, 1.82) is 0 Å². The van der Waals surface area contributed by atoms with Crippen LogP contribution in [0.2, 0.25) is 0 Å². The number of nitrogens with zero attached hydrogens (tertiary/aromatic N) is 2. The third kappa shape index (κ3) is 2.96. The van der Waals surface area contributed by atoms with Crippen LogP contribution in [0.1, 0.15) is 35.6 Å². The summed E-state index contributed by atoms with van der Waals surface area (Å²) >= 11 is 0. The summed E-state index contributed by atoms with van der Waals surface area (Å²) in [5, 5.41) is 11.7. The second-order valence-electron chi connectivity index (χ2n) is 8.08. The van der Waals surface area contributed by atoms with Crippen molar-refractivity contribution in [3.8, 4) is 17.1 Å². The molecule has 4 heterocycles. The normalized spacial score (nSPS) is 18.7. The molecule has 2 aliphatic rings. The summed E-state index contributed by atoms with van der Waals surface area (Å²) in [6.45, 7) is 1.75. The Hall–Kier alpha value is -3.98. The molecular formula is C24H21N3O6. The summed E-state index contributed by atoms with van der Waals surface area (Å²) in [6.07, 6.45) is 2.91. The van der Waals surface area contributed by atoms with Gasteiger partial charge in [-0.25, -0.2) is 9.78 Å². The lowest BCUT2D eigenvalue weighted by Gasteiger charge is -2.31. The van der Waals surface area contributed by atoms with Crippen LogP contribution < -0.4 is 16.0 Å². The zero-order valence-electron chi connectivity index (χ0n) is 18.0. The van der Waals surface area contributed by atoms with Crippen LogP contribution in [0.3, 0.4) is 0 Å². The maximum Gasteiger partial charge on any atom is 0.343 e. The van der Waals surface area contributed by atoms with Crippen LogP contribution in [0.25, 0.3) is 28.4 Å². The fourth-order valence-electron chi connectivity index (χ4n) is 4.57. The van der Waals surface area contributed by atoms with Gasteiger partial charge in [0, 0.05) is 28.2 Å². The van der Waals surface area contributed by atoms with Crippen molar-refractivity contribution < 1.29 is 24.2 Å². The number of carbonyl (C=O) groups excluding carboxylic acids is 2. The molecule has 3 aromatic rings. The molecule has 0 aliphatic carbocycles. The Balaban J connectivity index is 1.75. The van der Waals surface area contributed by atoms with Crippen molar-refractivity contribution in [2.75, 3.05) is 7.11 Å². The summed E-state index contributed by atoms with van der Waals surface area (Å²) in [6, 6.07) is 7.10. The summed E-state index contributed by atoms with van der Waals surface area (Å²) < 4.78 is 12.1. The van der Waals surface area contributed by atoms with Crippen molar-refractivity contribution in [3.63, 3.8) is 0 Å². The molecule has 168 valence electrons. The van der Waals surface area contributed by atoms with E-state index in [1.165, 1.54) is 13.2 Å². The summed E-state index contributed by atoms with van der Waals surface area (Å²) in [5.41, 5.74) is 6.79. The van der Waals surface area contributed by atoms with Crippen molar-refractivity contribution in [3.05, 3.63) is 62.9 Å². The number of amides is 1. The highest BCUT2D eigenvalue weighted by Crippen LogP contribution is 2.39. The second-order valence-corrected chi connectivity index (χ2v) is 8.08. The van der Waals surface area contributed by atoms with Gasteiger partial charge < -0.3 is 24.9 Å².